The molecule has 19 heavy (non-hydrogen) atoms. The molecule has 3 nitrogen and oxygen atoms in total. The van der Waals surface area contributed by atoms with Crippen LogP contribution in [-0.2, 0) is 4.79 Å². The summed E-state index contributed by atoms with van der Waals surface area (Å²) in [5, 5.41) is 18.5. The van der Waals surface area contributed by atoms with Crippen LogP contribution in [0.5, 0.6) is 5.75 Å². The third-order valence-electron chi connectivity index (χ3n) is 3.12. The largest absolute Gasteiger partial charge is 0.508 e. The zero-order valence-corrected chi connectivity index (χ0v) is 9.72. The zero-order valence-electron chi connectivity index (χ0n) is 9.72. The van der Waals surface area contributed by atoms with Gasteiger partial charge in [-0.3, -0.25) is 0 Å². The third kappa shape index (κ3) is 1.78. The van der Waals surface area contributed by atoms with Crippen LogP contribution in [0.15, 0.2) is 42.5 Å². The molecule has 2 N–H and O–H groups in total. The highest BCUT2D eigenvalue weighted by Crippen LogP contribution is 2.45. The predicted molar refractivity (Wildman–Crippen MR) is 68.2 cm³/mol. The summed E-state index contributed by atoms with van der Waals surface area (Å²) >= 11 is 0. The Morgan fingerprint density at radius 3 is 2.32 bits per heavy atom. The maximum absolute atomic E-state index is 13.4. The van der Waals surface area contributed by atoms with Crippen LogP contribution in [0.1, 0.15) is 11.1 Å². The van der Waals surface area contributed by atoms with Gasteiger partial charge in [-0.05, 0) is 52.1 Å². The monoisotopic (exact) mass is 256 g/mol. The first-order valence-electron chi connectivity index (χ1n) is 5.64. The first-order valence-corrected chi connectivity index (χ1v) is 5.64. The number of hydrogen-bond donors (Lipinski definition) is 2. The van der Waals surface area contributed by atoms with Crippen LogP contribution in [0.3, 0.4) is 0 Å². The second-order valence-electron chi connectivity index (χ2n) is 4.32. The summed E-state index contributed by atoms with van der Waals surface area (Å²) in [5.74, 6) is -1.49. The van der Waals surface area contributed by atoms with Crippen molar-refractivity contribution >= 4 is 11.5 Å². The van der Waals surface area contributed by atoms with Crippen molar-refractivity contribution < 1.29 is 19.4 Å². The van der Waals surface area contributed by atoms with Gasteiger partial charge in [-0.15, -0.1) is 0 Å². The number of phenolic OH excluding ortho intramolecular Hbond substituents is 1. The van der Waals surface area contributed by atoms with E-state index in [0.29, 0.717) is 16.7 Å². The highest BCUT2D eigenvalue weighted by molar-refractivity contribution is 6.06. The van der Waals surface area contributed by atoms with Crippen LogP contribution >= 0.6 is 0 Å². The van der Waals surface area contributed by atoms with E-state index >= 15 is 0 Å². The van der Waals surface area contributed by atoms with Crippen LogP contribution in [0, 0.1) is 5.82 Å². The fraction of sp³-hybridized carbons (Fsp3) is 0. The number of rotatable bonds is 1. The Kier molecular flexibility index (Phi) is 2.38. The molecule has 0 unspecified atom stereocenters. The van der Waals surface area contributed by atoms with Crippen molar-refractivity contribution in [2.45, 2.75) is 0 Å². The number of aliphatic carboxylic acids is 1. The van der Waals surface area contributed by atoms with E-state index < -0.39 is 11.8 Å². The molecule has 0 atom stereocenters. The van der Waals surface area contributed by atoms with E-state index in [1.54, 1.807) is 12.1 Å². The molecule has 94 valence electrons. The lowest BCUT2D eigenvalue weighted by Crippen LogP contribution is -1.91. The molecule has 2 aromatic carbocycles. The molecular formula is C15H9FO3. The third-order valence-corrected chi connectivity index (χ3v) is 3.12. The summed E-state index contributed by atoms with van der Waals surface area (Å²) in [7, 11) is 0. The summed E-state index contributed by atoms with van der Waals surface area (Å²) < 4.78 is 13.4. The number of benzene rings is 2. The number of carboxylic acids is 1. The van der Waals surface area contributed by atoms with E-state index in [9.17, 15) is 14.3 Å². The van der Waals surface area contributed by atoms with Crippen molar-refractivity contribution in [1.29, 1.82) is 0 Å². The topological polar surface area (TPSA) is 57.5 Å². The second kappa shape index (κ2) is 3.95. The summed E-state index contributed by atoms with van der Waals surface area (Å²) in [6.07, 6.45) is 1.03. The van der Waals surface area contributed by atoms with E-state index in [1.165, 1.54) is 24.3 Å². The average molecular weight is 256 g/mol. The molecule has 0 heterocycles. The van der Waals surface area contributed by atoms with Gasteiger partial charge in [-0.25, -0.2) is 9.18 Å². The second-order valence-corrected chi connectivity index (χ2v) is 4.32. The van der Waals surface area contributed by atoms with Gasteiger partial charge in [0, 0.05) is 6.08 Å². The Morgan fingerprint density at radius 1 is 1.00 bits per heavy atom. The molecule has 4 heteroatoms. The van der Waals surface area contributed by atoms with E-state index in [4.69, 9.17) is 5.11 Å². The zero-order chi connectivity index (χ0) is 13.6. The van der Waals surface area contributed by atoms with Gasteiger partial charge in [0.25, 0.3) is 0 Å². The number of carbonyl (C=O) groups is 1. The lowest BCUT2D eigenvalue weighted by molar-refractivity contribution is -0.131. The minimum Gasteiger partial charge on any atom is -0.508 e. The lowest BCUT2D eigenvalue weighted by Gasteiger charge is -2.01. The number of halogens is 1. The minimum absolute atomic E-state index is 0.0447. The normalized spacial score (nSPS) is 14.3. The molecule has 0 aromatic heterocycles. The lowest BCUT2D eigenvalue weighted by atomic mass is 10.0. The van der Waals surface area contributed by atoms with E-state index in [0.717, 1.165) is 17.2 Å². The molecule has 3 rings (SSSR count). The Balaban J connectivity index is 2.35. The molecule has 1 aliphatic carbocycles. The standard InChI is InChI=1S/C15H9FO3/c16-8-1-3-10-11-4-2-9(17)6-13(11)14(7-15(18)19)12(10)5-8/h1-7,17H,(H,18,19)/b14-7+. The molecule has 0 saturated carbocycles. The molecule has 0 bridgehead atoms. The van der Waals surface area contributed by atoms with Crippen LogP contribution in [-0.4, -0.2) is 16.2 Å². The van der Waals surface area contributed by atoms with Crippen LogP contribution in [0.25, 0.3) is 16.7 Å². The van der Waals surface area contributed by atoms with Gasteiger partial charge in [0.1, 0.15) is 11.6 Å². The number of carboxylic acid groups (broad SMARTS) is 1. The van der Waals surface area contributed by atoms with Gasteiger partial charge in [0.2, 0.25) is 0 Å². The van der Waals surface area contributed by atoms with Crippen molar-refractivity contribution in [2.75, 3.05) is 0 Å². The van der Waals surface area contributed by atoms with E-state index in [-0.39, 0.29) is 5.75 Å². The van der Waals surface area contributed by atoms with Gasteiger partial charge in [0.15, 0.2) is 0 Å². The number of fused-ring (bicyclic) bond motifs is 3. The smallest absolute Gasteiger partial charge is 0.328 e. The average Bonchev–Trinajstić information content (AvgIpc) is 2.62. The van der Waals surface area contributed by atoms with E-state index in [2.05, 4.69) is 0 Å². The Hall–Kier alpha value is -2.62. The molecule has 0 fully saturated rings. The molecule has 0 aliphatic heterocycles. The molecule has 0 amide bonds. The number of phenols is 1. The fourth-order valence-corrected chi connectivity index (χ4v) is 2.39. The van der Waals surface area contributed by atoms with Gasteiger partial charge < -0.3 is 10.2 Å². The van der Waals surface area contributed by atoms with Crippen molar-refractivity contribution in [3.05, 3.63) is 59.4 Å². The summed E-state index contributed by atoms with van der Waals surface area (Å²) in [5.41, 5.74) is 3.10. The van der Waals surface area contributed by atoms with Gasteiger partial charge >= 0.3 is 5.97 Å². The van der Waals surface area contributed by atoms with Crippen molar-refractivity contribution in [2.24, 2.45) is 0 Å². The Morgan fingerprint density at radius 2 is 1.63 bits per heavy atom. The fourth-order valence-electron chi connectivity index (χ4n) is 2.39. The highest BCUT2D eigenvalue weighted by atomic mass is 19.1. The van der Waals surface area contributed by atoms with Crippen LogP contribution in [0.2, 0.25) is 0 Å². The van der Waals surface area contributed by atoms with Gasteiger partial charge in [-0.2, -0.15) is 0 Å². The van der Waals surface area contributed by atoms with Crippen molar-refractivity contribution in [1.82, 2.24) is 0 Å². The van der Waals surface area contributed by atoms with E-state index in [1.807, 2.05) is 0 Å². The summed E-state index contributed by atoms with van der Waals surface area (Å²) in [6, 6.07) is 8.96. The molecule has 0 saturated heterocycles. The number of hydrogen-bond acceptors (Lipinski definition) is 2. The molecule has 0 spiro atoms. The first-order chi connectivity index (χ1) is 9.06. The molecule has 1 aliphatic rings. The summed E-state index contributed by atoms with van der Waals surface area (Å²) in [4.78, 5) is 10.9. The quantitative estimate of drug-likeness (QED) is 0.658. The maximum atomic E-state index is 13.4. The highest BCUT2D eigenvalue weighted by Gasteiger charge is 2.24. The van der Waals surface area contributed by atoms with Crippen molar-refractivity contribution in [3.8, 4) is 16.9 Å². The first kappa shape index (κ1) is 11.5. The minimum atomic E-state index is -1.11. The SMILES string of the molecule is O=C(O)/C=C1/c2cc(O)ccc2-c2ccc(F)cc21. The maximum Gasteiger partial charge on any atom is 0.328 e. The number of aromatic hydroxyl groups is 1. The van der Waals surface area contributed by atoms with Gasteiger partial charge in [-0.1, -0.05) is 12.1 Å². The van der Waals surface area contributed by atoms with Gasteiger partial charge in [0.05, 0.1) is 0 Å². The van der Waals surface area contributed by atoms with Crippen LogP contribution in [0.4, 0.5) is 4.39 Å². The van der Waals surface area contributed by atoms with Crippen LogP contribution < -0.4 is 0 Å². The molecule has 2 aromatic rings. The predicted octanol–water partition coefficient (Wildman–Crippen LogP) is 3.03. The molecule has 0 radical (unpaired) electrons. The Bertz CT molecular complexity index is 679. The Labute approximate surface area is 108 Å². The summed E-state index contributed by atoms with van der Waals surface area (Å²) in [6.45, 7) is 0. The molecular weight excluding hydrogens is 247 g/mol. The van der Waals surface area contributed by atoms with Crippen molar-refractivity contribution in [3.63, 3.8) is 0 Å².